The van der Waals surface area contributed by atoms with Gasteiger partial charge in [0.05, 0.1) is 18.9 Å². The maximum absolute atomic E-state index is 12.2. The van der Waals surface area contributed by atoms with Crippen molar-refractivity contribution in [3.63, 3.8) is 0 Å². The second-order valence-corrected chi connectivity index (χ2v) is 6.81. The van der Waals surface area contributed by atoms with Crippen LogP contribution in [-0.2, 0) is 11.2 Å². The van der Waals surface area contributed by atoms with Crippen LogP contribution in [0.5, 0.6) is 0 Å². The fourth-order valence-corrected chi connectivity index (χ4v) is 2.71. The van der Waals surface area contributed by atoms with Gasteiger partial charge in [-0.15, -0.1) is 0 Å². The molecule has 0 radical (unpaired) electrons. The number of carbonyl (C=O) groups excluding carboxylic acids is 2. The molecule has 2 rings (SSSR count). The number of halogens is 2. The fraction of sp³-hybridized carbons (Fsp3) is 0.222. The van der Waals surface area contributed by atoms with Crippen molar-refractivity contribution in [3.8, 4) is 0 Å². The van der Waals surface area contributed by atoms with Gasteiger partial charge in [-0.3, -0.25) is 4.79 Å². The molecule has 2 N–H and O–H groups in total. The summed E-state index contributed by atoms with van der Waals surface area (Å²) in [6.07, 6.45) is 0.595. The zero-order valence-electron chi connectivity index (χ0n) is 12.9. The summed E-state index contributed by atoms with van der Waals surface area (Å²) in [6.45, 7) is 0.550. The van der Waals surface area contributed by atoms with Crippen LogP contribution in [-0.4, -0.2) is 24.3 Å². The zero-order chi connectivity index (χ0) is 17.5. The van der Waals surface area contributed by atoms with Gasteiger partial charge in [0.15, 0.2) is 5.78 Å². The molecule has 1 atom stereocenters. The Morgan fingerprint density at radius 1 is 1.08 bits per heavy atom. The highest BCUT2D eigenvalue weighted by atomic mass is 79.9. The van der Waals surface area contributed by atoms with Crippen molar-refractivity contribution in [1.82, 2.24) is 0 Å². The molecule has 0 spiro atoms. The topological polar surface area (TPSA) is 73.8 Å². The first kappa shape index (κ1) is 18.6. The van der Waals surface area contributed by atoms with Crippen LogP contribution in [0.25, 0.3) is 0 Å². The van der Waals surface area contributed by atoms with Gasteiger partial charge in [-0.05, 0) is 29.8 Å². The van der Waals surface area contributed by atoms with E-state index in [1.807, 2.05) is 12.1 Å². The normalized spacial score (nSPS) is 11.9. The van der Waals surface area contributed by atoms with E-state index in [-0.39, 0.29) is 12.2 Å². The van der Waals surface area contributed by atoms with E-state index in [9.17, 15) is 14.7 Å². The van der Waals surface area contributed by atoms with Crippen molar-refractivity contribution in [1.29, 1.82) is 0 Å². The van der Waals surface area contributed by atoms with Crippen LogP contribution >= 0.6 is 27.5 Å². The molecule has 0 aliphatic heterocycles. The number of carbonyl (C=O) groups is 2. The third kappa shape index (κ3) is 5.74. The van der Waals surface area contributed by atoms with Gasteiger partial charge in [-0.25, -0.2) is 0 Å². The SMILES string of the molecule is O=C(C[C@H]([NH2+]CCc1ccc(Cl)cc1)C(=O)[O-])c1ccc(Br)cc1. The lowest BCUT2D eigenvalue weighted by molar-refractivity contribution is -0.681. The molecule has 0 unspecified atom stereocenters. The van der Waals surface area contributed by atoms with Crippen molar-refractivity contribution < 1.29 is 20.0 Å². The Kier molecular flexibility index (Phi) is 6.97. The lowest BCUT2D eigenvalue weighted by Gasteiger charge is -2.16. The molecule has 4 nitrogen and oxygen atoms in total. The average molecular weight is 411 g/mol. The summed E-state index contributed by atoms with van der Waals surface area (Å²) in [6, 6.07) is 13.4. The molecule has 0 saturated carbocycles. The number of Topliss-reactive ketones (excluding diaryl/α,β-unsaturated/α-hetero) is 1. The Labute approximate surface area is 154 Å². The van der Waals surface area contributed by atoms with Gasteiger partial charge in [0.25, 0.3) is 0 Å². The predicted molar refractivity (Wildman–Crippen MR) is 93.8 cm³/mol. The van der Waals surface area contributed by atoms with Crippen LogP contribution in [0.4, 0.5) is 0 Å². The summed E-state index contributed by atoms with van der Waals surface area (Å²) in [7, 11) is 0. The summed E-state index contributed by atoms with van der Waals surface area (Å²) < 4.78 is 0.866. The molecule has 0 aromatic heterocycles. The number of benzene rings is 2. The number of hydrogen-bond acceptors (Lipinski definition) is 3. The summed E-state index contributed by atoms with van der Waals surface area (Å²) in [5.41, 5.74) is 1.56. The van der Waals surface area contributed by atoms with Gasteiger partial charge >= 0.3 is 0 Å². The van der Waals surface area contributed by atoms with Crippen molar-refractivity contribution >= 4 is 39.3 Å². The number of aliphatic carboxylic acids is 1. The Hall–Kier alpha value is -1.69. The molecule has 0 aliphatic rings. The first-order valence-electron chi connectivity index (χ1n) is 7.53. The van der Waals surface area contributed by atoms with Gasteiger partial charge in [0, 0.05) is 21.5 Å². The molecule has 6 heteroatoms. The summed E-state index contributed by atoms with van der Waals surface area (Å²) in [5, 5.41) is 13.6. The van der Waals surface area contributed by atoms with E-state index in [0.29, 0.717) is 23.6 Å². The van der Waals surface area contributed by atoms with E-state index in [4.69, 9.17) is 11.6 Å². The van der Waals surface area contributed by atoms with Gasteiger partial charge in [-0.2, -0.15) is 0 Å². The second-order valence-electron chi connectivity index (χ2n) is 5.46. The highest BCUT2D eigenvalue weighted by molar-refractivity contribution is 9.10. The Bertz CT molecular complexity index is 701. The van der Waals surface area contributed by atoms with Crippen LogP contribution in [0.15, 0.2) is 53.0 Å². The quantitative estimate of drug-likeness (QED) is 0.672. The minimum absolute atomic E-state index is 0.0927. The molecule has 0 bridgehead atoms. The van der Waals surface area contributed by atoms with Gasteiger partial charge < -0.3 is 15.2 Å². The van der Waals surface area contributed by atoms with Crippen LogP contribution in [0.2, 0.25) is 5.02 Å². The largest absolute Gasteiger partial charge is 0.544 e. The predicted octanol–water partition coefficient (Wildman–Crippen LogP) is 1.60. The Balaban J connectivity index is 1.89. The monoisotopic (exact) mass is 409 g/mol. The first-order valence-corrected chi connectivity index (χ1v) is 8.70. The van der Waals surface area contributed by atoms with Crippen LogP contribution in [0.3, 0.4) is 0 Å². The summed E-state index contributed by atoms with van der Waals surface area (Å²) >= 11 is 9.13. The molecule has 2 aromatic rings. The number of ketones is 1. The number of carboxylic acid groups (broad SMARTS) is 1. The molecule has 0 fully saturated rings. The minimum Gasteiger partial charge on any atom is -0.544 e. The van der Waals surface area contributed by atoms with Crippen molar-refractivity contribution in [2.24, 2.45) is 0 Å². The van der Waals surface area contributed by atoms with E-state index < -0.39 is 12.0 Å². The van der Waals surface area contributed by atoms with Crippen LogP contribution in [0, 0.1) is 0 Å². The summed E-state index contributed by atoms with van der Waals surface area (Å²) in [5.74, 6) is -1.43. The van der Waals surface area contributed by atoms with Gasteiger partial charge in [0.2, 0.25) is 0 Å². The molecule has 0 saturated heterocycles. The standard InChI is InChI=1S/C18H17BrClNO3/c19-14-5-3-13(4-6-14)17(22)11-16(18(23)24)21-10-9-12-1-7-15(20)8-2-12/h1-8,16,21H,9-11H2,(H,23,24)/t16-/m0/s1. The second kappa shape index (κ2) is 8.97. The lowest BCUT2D eigenvalue weighted by atomic mass is 10.0. The summed E-state index contributed by atoms with van der Waals surface area (Å²) in [4.78, 5) is 23.5. The molecule has 24 heavy (non-hydrogen) atoms. The number of hydrogen-bond donors (Lipinski definition) is 1. The number of nitrogens with two attached hydrogens (primary N) is 1. The highest BCUT2D eigenvalue weighted by Gasteiger charge is 2.19. The molecule has 126 valence electrons. The zero-order valence-corrected chi connectivity index (χ0v) is 15.2. The molecular formula is C18H17BrClNO3. The average Bonchev–Trinajstić information content (AvgIpc) is 2.56. The molecule has 2 aromatic carbocycles. The molecule has 0 aliphatic carbocycles. The van der Waals surface area contributed by atoms with Crippen LogP contribution < -0.4 is 10.4 Å². The lowest BCUT2D eigenvalue weighted by Crippen LogP contribution is -2.93. The first-order chi connectivity index (χ1) is 11.5. The number of quaternary nitrogens is 1. The van der Waals surface area contributed by atoms with E-state index >= 15 is 0 Å². The number of rotatable bonds is 8. The maximum Gasteiger partial charge on any atom is 0.169 e. The Morgan fingerprint density at radius 3 is 2.29 bits per heavy atom. The van der Waals surface area contributed by atoms with E-state index in [2.05, 4.69) is 15.9 Å². The number of carboxylic acids is 1. The van der Waals surface area contributed by atoms with E-state index in [0.717, 1.165) is 10.0 Å². The third-order valence-corrected chi connectivity index (χ3v) is 4.45. The molecule has 0 amide bonds. The van der Waals surface area contributed by atoms with Crippen molar-refractivity contribution in [3.05, 3.63) is 69.2 Å². The Morgan fingerprint density at radius 2 is 1.71 bits per heavy atom. The minimum atomic E-state index is -1.23. The van der Waals surface area contributed by atoms with Gasteiger partial charge in [-0.1, -0.05) is 51.8 Å². The van der Waals surface area contributed by atoms with Crippen molar-refractivity contribution in [2.75, 3.05) is 6.54 Å². The van der Waals surface area contributed by atoms with E-state index in [1.165, 1.54) is 0 Å². The van der Waals surface area contributed by atoms with Crippen LogP contribution in [0.1, 0.15) is 22.3 Å². The third-order valence-electron chi connectivity index (χ3n) is 3.67. The highest BCUT2D eigenvalue weighted by Crippen LogP contribution is 2.12. The van der Waals surface area contributed by atoms with Gasteiger partial charge in [0.1, 0.15) is 6.04 Å². The maximum atomic E-state index is 12.2. The fourth-order valence-electron chi connectivity index (χ4n) is 2.32. The van der Waals surface area contributed by atoms with Crippen molar-refractivity contribution in [2.45, 2.75) is 18.9 Å². The van der Waals surface area contributed by atoms with E-state index in [1.54, 1.807) is 41.7 Å². The molecular weight excluding hydrogens is 394 g/mol. The smallest absolute Gasteiger partial charge is 0.169 e. The molecule has 0 heterocycles.